The molecule has 0 radical (unpaired) electrons. The van der Waals surface area contributed by atoms with Crippen molar-refractivity contribution in [1.82, 2.24) is 15.5 Å². The van der Waals surface area contributed by atoms with Gasteiger partial charge in [0.1, 0.15) is 5.82 Å². The number of halogens is 1. The Bertz CT molecular complexity index is 862. The number of carbonyl (C=O) groups is 3. The lowest BCUT2D eigenvalue weighted by Gasteiger charge is -2.33. The van der Waals surface area contributed by atoms with Crippen LogP contribution in [0.4, 0.5) is 4.39 Å². The van der Waals surface area contributed by atoms with E-state index >= 15 is 0 Å². The maximum Gasteiger partial charge on any atom is 0.251 e. The van der Waals surface area contributed by atoms with E-state index in [4.69, 9.17) is 0 Å². The minimum atomic E-state index is -0.533. The Morgan fingerprint density at radius 2 is 1.82 bits per heavy atom. The molecule has 0 aromatic heterocycles. The molecule has 6 nitrogen and oxygen atoms in total. The van der Waals surface area contributed by atoms with Gasteiger partial charge in [0.25, 0.3) is 5.91 Å². The topological polar surface area (TPSA) is 78.5 Å². The zero-order valence-electron chi connectivity index (χ0n) is 20.2. The number of piperidine rings is 1. The maximum atomic E-state index is 14.6. The van der Waals surface area contributed by atoms with Gasteiger partial charge in [-0.25, -0.2) is 4.39 Å². The zero-order chi connectivity index (χ0) is 24.0. The fourth-order valence-electron chi connectivity index (χ4n) is 5.19. The normalized spacial score (nSPS) is 20.5. The second-order valence-corrected chi connectivity index (χ2v) is 9.89. The first-order valence-electron chi connectivity index (χ1n) is 12.4. The third-order valence-corrected chi connectivity index (χ3v) is 7.04. The highest BCUT2D eigenvalue weighted by atomic mass is 19.1. The van der Waals surface area contributed by atoms with Crippen LogP contribution in [0.15, 0.2) is 18.2 Å². The van der Waals surface area contributed by atoms with Crippen LogP contribution in [-0.2, 0) is 9.59 Å². The van der Waals surface area contributed by atoms with E-state index in [1.807, 2.05) is 13.8 Å². The van der Waals surface area contributed by atoms with Gasteiger partial charge in [-0.05, 0) is 62.4 Å². The van der Waals surface area contributed by atoms with Crippen molar-refractivity contribution in [3.63, 3.8) is 0 Å². The highest BCUT2D eigenvalue weighted by molar-refractivity contribution is 5.98. The zero-order valence-corrected chi connectivity index (χ0v) is 20.2. The van der Waals surface area contributed by atoms with Gasteiger partial charge in [0.05, 0.1) is 12.6 Å². The van der Waals surface area contributed by atoms with Crippen molar-refractivity contribution in [3.8, 4) is 0 Å². The number of ketones is 1. The van der Waals surface area contributed by atoms with Gasteiger partial charge in [-0.15, -0.1) is 0 Å². The predicted molar refractivity (Wildman–Crippen MR) is 131 cm³/mol. The Kier molecular flexibility index (Phi) is 9.01. The number of Topliss-reactive ketones (excluding diaryl/α,β-unsaturated/α-hetero) is 1. The smallest absolute Gasteiger partial charge is 0.251 e. The molecule has 1 aromatic carbocycles. The summed E-state index contributed by atoms with van der Waals surface area (Å²) in [5, 5.41) is 5.84. The van der Waals surface area contributed by atoms with Crippen LogP contribution in [0.25, 0.3) is 0 Å². The van der Waals surface area contributed by atoms with Crippen molar-refractivity contribution in [3.05, 3.63) is 35.1 Å². The summed E-state index contributed by atoms with van der Waals surface area (Å²) in [6.45, 7) is 5.20. The second-order valence-electron chi connectivity index (χ2n) is 9.89. The summed E-state index contributed by atoms with van der Waals surface area (Å²) >= 11 is 0. The van der Waals surface area contributed by atoms with Crippen LogP contribution in [0.2, 0.25) is 0 Å². The molecular formula is C26H42FN3O3. The number of hydrogen-bond acceptors (Lipinski definition) is 4. The van der Waals surface area contributed by atoms with Crippen LogP contribution in [0.5, 0.6) is 0 Å². The highest BCUT2D eigenvalue weighted by Crippen LogP contribution is 2.30. The Morgan fingerprint density at radius 3 is 2.48 bits per heavy atom. The second kappa shape index (κ2) is 11.7. The number of carbonyl (C=O) groups excluding carboxylic acids is 3. The Balaban J connectivity index is 0.00000306. The molecule has 2 amide bonds. The number of nitrogens with one attached hydrogen (secondary N) is 2. The SMILES string of the molecule is CNCC(=O)N1CCCC(c2cc(F)cc(C(=O)N[C@@H](C(=O)C(C)C)C3CCCCC3)c2)C1.[HH].[HH]. The van der Waals surface area contributed by atoms with E-state index in [1.165, 1.54) is 12.1 Å². The van der Waals surface area contributed by atoms with Gasteiger partial charge in [0.15, 0.2) is 5.78 Å². The van der Waals surface area contributed by atoms with Gasteiger partial charge in [-0.2, -0.15) is 0 Å². The molecule has 186 valence electrons. The Labute approximate surface area is 199 Å². The van der Waals surface area contributed by atoms with E-state index < -0.39 is 17.8 Å². The van der Waals surface area contributed by atoms with Crippen molar-refractivity contribution in [1.29, 1.82) is 0 Å². The summed E-state index contributed by atoms with van der Waals surface area (Å²) in [5.41, 5.74) is 0.965. The third kappa shape index (κ3) is 6.62. The molecule has 1 saturated carbocycles. The van der Waals surface area contributed by atoms with Gasteiger partial charge in [0, 0.05) is 33.3 Å². The number of likely N-dealkylation sites (tertiary alicyclic amines) is 1. The lowest BCUT2D eigenvalue weighted by atomic mass is 9.80. The average molecular weight is 464 g/mol. The van der Waals surface area contributed by atoms with E-state index in [9.17, 15) is 18.8 Å². The quantitative estimate of drug-likeness (QED) is 0.607. The number of benzene rings is 1. The molecule has 0 spiro atoms. The van der Waals surface area contributed by atoms with Gasteiger partial charge >= 0.3 is 0 Å². The molecule has 2 N–H and O–H groups in total. The number of amides is 2. The van der Waals surface area contributed by atoms with Crippen molar-refractivity contribution >= 4 is 17.6 Å². The minimum absolute atomic E-state index is 0. The molecule has 0 bridgehead atoms. The molecule has 1 unspecified atom stereocenters. The first kappa shape index (κ1) is 25.3. The molecule has 1 aliphatic carbocycles. The van der Waals surface area contributed by atoms with Crippen LogP contribution < -0.4 is 10.6 Å². The van der Waals surface area contributed by atoms with Gasteiger partial charge in [0.2, 0.25) is 5.91 Å². The summed E-state index contributed by atoms with van der Waals surface area (Å²) in [4.78, 5) is 40.2. The van der Waals surface area contributed by atoms with Gasteiger partial charge in [-0.1, -0.05) is 33.1 Å². The molecule has 2 fully saturated rings. The molecule has 7 heteroatoms. The van der Waals surface area contributed by atoms with Crippen molar-refractivity contribution in [2.45, 2.75) is 70.8 Å². The van der Waals surface area contributed by atoms with Crippen LogP contribution >= 0.6 is 0 Å². The van der Waals surface area contributed by atoms with Crippen LogP contribution in [0.1, 0.15) is 83.5 Å². The molecule has 1 heterocycles. The highest BCUT2D eigenvalue weighted by Gasteiger charge is 2.33. The van der Waals surface area contributed by atoms with E-state index in [1.54, 1.807) is 18.0 Å². The summed E-state index contributed by atoms with van der Waals surface area (Å²) < 4.78 is 14.6. The molecule has 1 saturated heterocycles. The molecule has 2 atom stereocenters. The van der Waals surface area contributed by atoms with E-state index in [0.717, 1.165) is 50.5 Å². The van der Waals surface area contributed by atoms with Gasteiger partial charge < -0.3 is 15.5 Å². The summed E-state index contributed by atoms with van der Waals surface area (Å²) in [7, 11) is 1.74. The number of rotatable bonds is 8. The molecule has 1 aliphatic heterocycles. The summed E-state index contributed by atoms with van der Waals surface area (Å²) in [6, 6.07) is 3.90. The predicted octanol–water partition coefficient (Wildman–Crippen LogP) is 4.15. The van der Waals surface area contributed by atoms with Crippen LogP contribution in [-0.4, -0.2) is 55.2 Å². The number of likely N-dealkylation sites (N-methyl/N-ethyl adjacent to an activating group) is 1. The summed E-state index contributed by atoms with van der Waals surface area (Å²) in [6.07, 6.45) is 6.82. The van der Waals surface area contributed by atoms with Crippen LogP contribution in [0.3, 0.4) is 0 Å². The first-order valence-corrected chi connectivity index (χ1v) is 12.4. The Hall–Kier alpha value is -2.28. The first-order chi connectivity index (χ1) is 15.8. The van der Waals surface area contributed by atoms with Crippen LogP contribution in [0, 0.1) is 17.7 Å². The molecule has 1 aromatic rings. The lowest BCUT2D eigenvalue weighted by Crippen LogP contribution is -2.48. The van der Waals surface area contributed by atoms with E-state index in [2.05, 4.69) is 10.6 Å². The fraction of sp³-hybridized carbons (Fsp3) is 0.654. The average Bonchev–Trinajstić information content (AvgIpc) is 2.82. The molecule has 2 aliphatic rings. The molecule has 3 rings (SSSR count). The monoisotopic (exact) mass is 463 g/mol. The van der Waals surface area contributed by atoms with E-state index in [0.29, 0.717) is 13.1 Å². The number of nitrogens with zero attached hydrogens (tertiary/aromatic N) is 1. The largest absolute Gasteiger partial charge is 0.342 e. The third-order valence-electron chi connectivity index (χ3n) is 7.04. The standard InChI is InChI=1S/C26H38FN3O3.2H2/c1-17(2)25(32)24(18-8-5-4-6-9-18)29-26(33)21-12-20(13-22(27)14-21)19-10-7-11-30(16-19)23(31)15-28-3;;/h12-14,17-19,24,28H,4-11,15-16H2,1-3H3,(H,29,33);2*1H/t19?,24-;;/m1../s1. The number of hydrogen-bond donors (Lipinski definition) is 2. The molecular weight excluding hydrogens is 421 g/mol. The molecule has 33 heavy (non-hydrogen) atoms. The van der Waals surface area contributed by atoms with Gasteiger partial charge in [-0.3, -0.25) is 14.4 Å². The van der Waals surface area contributed by atoms with Crippen molar-refractivity contribution in [2.24, 2.45) is 11.8 Å². The van der Waals surface area contributed by atoms with Crippen molar-refractivity contribution < 1.29 is 21.6 Å². The lowest BCUT2D eigenvalue weighted by molar-refractivity contribution is -0.131. The fourth-order valence-corrected chi connectivity index (χ4v) is 5.19. The maximum absolute atomic E-state index is 14.6. The van der Waals surface area contributed by atoms with E-state index in [-0.39, 0.29) is 44.4 Å². The minimum Gasteiger partial charge on any atom is -0.342 e. The van der Waals surface area contributed by atoms with Crippen molar-refractivity contribution in [2.75, 3.05) is 26.7 Å². The Morgan fingerprint density at radius 1 is 1.09 bits per heavy atom. The summed E-state index contributed by atoms with van der Waals surface area (Å²) in [5.74, 6) is -0.871.